The Labute approximate surface area is 98.5 Å². The van der Waals surface area contributed by atoms with Crippen LogP contribution in [0.5, 0.6) is 5.75 Å². The van der Waals surface area contributed by atoms with Gasteiger partial charge in [-0.2, -0.15) is 5.10 Å². The number of phenols is 1. The number of aromatic nitrogens is 2. The zero-order chi connectivity index (χ0) is 12.4. The molecule has 2 rings (SSSR count). The first-order valence-corrected chi connectivity index (χ1v) is 5.30. The Bertz CT molecular complexity index is 517. The summed E-state index contributed by atoms with van der Waals surface area (Å²) < 4.78 is 13.0. The second-order valence-electron chi connectivity index (χ2n) is 3.94. The second kappa shape index (κ2) is 4.45. The Morgan fingerprint density at radius 3 is 2.82 bits per heavy atom. The van der Waals surface area contributed by atoms with Crippen molar-refractivity contribution >= 4 is 5.69 Å². The molecule has 0 spiro atoms. The van der Waals surface area contributed by atoms with Gasteiger partial charge >= 0.3 is 0 Å². The highest BCUT2D eigenvalue weighted by Gasteiger charge is 2.07. The van der Waals surface area contributed by atoms with Crippen molar-refractivity contribution in [2.24, 2.45) is 0 Å². The minimum atomic E-state index is -0.361. The summed E-state index contributed by atoms with van der Waals surface area (Å²) in [5.41, 5.74) is 3.16. The van der Waals surface area contributed by atoms with E-state index < -0.39 is 0 Å². The number of halogens is 1. The third-order valence-electron chi connectivity index (χ3n) is 2.63. The zero-order valence-corrected chi connectivity index (χ0v) is 9.71. The van der Waals surface area contributed by atoms with Crippen molar-refractivity contribution in [1.29, 1.82) is 0 Å². The highest BCUT2D eigenvalue weighted by molar-refractivity contribution is 5.52. The van der Waals surface area contributed by atoms with Crippen molar-refractivity contribution in [3.05, 3.63) is 41.0 Å². The van der Waals surface area contributed by atoms with E-state index in [-0.39, 0.29) is 11.6 Å². The molecule has 1 aromatic heterocycles. The van der Waals surface area contributed by atoms with Gasteiger partial charge in [0.05, 0.1) is 17.1 Å². The van der Waals surface area contributed by atoms with Crippen LogP contribution in [-0.4, -0.2) is 15.3 Å². The number of aromatic amines is 1. The summed E-state index contributed by atoms with van der Waals surface area (Å²) in [4.78, 5) is 0. The van der Waals surface area contributed by atoms with Crippen LogP contribution in [0, 0.1) is 19.7 Å². The minimum absolute atomic E-state index is 0.0812. The Kier molecular flexibility index (Phi) is 2.99. The van der Waals surface area contributed by atoms with Crippen LogP contribution in [-0.2, 0) is 6.54 Å². The van der Waals surface area contributed by atoms with E-state index in [9.17, 15) is 9.50 Å². The Morgan fingerprint density at radius 2 is 2.18 bits per heavy atom. The molecule has 0 radical (unpaired) electrons. The van der Waals surface area contributed by atoms with Gasteiger partial charge in [-0.1, -0.05) is 0 Å². The molecule has 0 aliphatic rings. The van der Waals surface area contributed by atoms with Crippen LogP contribution in [0.4, 0.5) is 10.1 Å². The van der Waals surface area contributed by atoms with Crippen molar-refractivity contribution in [2.45, 2.75) is 20.4 Å². The van der Waals surface area contributed by atoms with Crippen LogP contribution in [0.3, 0.4) is 0 Å². The summed E-state index contributed by atoms with van der Waals surface area (Å²) in [5, 5.41) is 19.6. The molecule has 0 aliphatic carbocycles. The van der Waals surface area contributed by atoms with E-state index in [4.69, 9.17) is 0 Å². The van der Waals surface area contributed by atoms with Gasteiger partial charge in [0.25, 0.3) is 0 Å². The predicted octanol–water partition coefficient (Wildman–Crippen LogP) is 2.48. The van der Waals surface area contributed by atoms with Crippen LogP contribution in [0.2, 0.25) is 0 Å². The van der Waals surface area contributed by atoms with E-state index in [0.29, 0.717) is 12.1 Å². The van der Waals surface area contributed by atoms with E-state index >= 15 is 0 Å². The molecule has 0 unspecified atom stereocenters. The maximum Gasteiger partial charge on any atom is 0.123 e. The molecule has 17 heavy (non-hydrogen) atoms. The maximum absolute atomic E-state index is 13.0. The third kappa shape index (κ3) is 2.38. The number of anilines is 1. The summed E-state index contributed by atoms with van der Waals surface area (Å²) >= 11 is 0. The first-order chi connectivity index (χ1) is 8.08. The SMILES string of the molecule is Cc1n[nH]c(C)c1NCc1cc(F)ccc1O. The van der Waals surface area contributed by atoms with Crippen LogP contribution in [0.25, 0.3) is 0 Å². The van der Waals surface area contributed by atoms with E-state index in [1.165, 1.54) is 18.2 Å². The third-order valence-corrected chi connectivity index (χ3v) is 2.63. The molecule has 3 N–H and O–H groups in total. The number of aryl methyl sites for hydroxylation is 2. The molecule has 0 bridgehead atoms. The number of nitrogens with one attached hydrogen (secondary N) is 2. The molecule has 1 aromatic carbocycles. The molecule has 0 atom stereocenters. The monoisotopic (exact) mass is 235 g/mol. The lowest BCUT2D eigenvalue weighted by Gasteiger charge is -2.08. The minimum Gasteiger partial charge on any atom is -0.508 e. The van der Waals surface area contributed by atoms with Crippen molar-refractivity contribution in [2.75, 3.05) is 5.32 Å². The van der Waals surface area contributed by atoms with Crippen LogP contribution in [0.1, 0.15) is 17.0 Å². The van der Waals surface area contributed by atoms with Crippen molar-refractivity contribution in [3.63, 3.8) is 0 Å². The summed E-state index contributed by atoms with van der Waals surface area (Å²) in [5.74, 6) is -0.280. The molecule has 0 aliphatic heterocycles. The molecular formula is C12H14FN3O. The first kappa shape index (κ1) is 11.4. The highest BCUT2D eigenvalue weighted by atomic mass is 19.1. The fourth-order valence-electron chi connectivity index (χ4n) is 1.69. The molecule has 0 fully saturated rings. The molecule has 5 heteroatoms. The molecule has 0 saturated carbocycles. The summed E-state index contributed by atoms with van der Waals surface area (Å²) in [7, 11) is 0. The summed E-state index contributed by atoms with van der Waals surface area (Å²) in [6, 6.07) is 3.89. The molecule has 0 saturated heterocycles. The van der Waals surface area contributed by atoms with Gasteiger partial charge in [-0.15, -0.1) is 0 Å². The van der Waals surface area contributed by atoms with Crippen LogP contribution < -0.4 is 5.32 Å². The molecule has 90 valence electrons. The number of H-pyrrole nitrogens is 1. The van der Waals surface area contributed by atoms with Gasteiger partial charge in [0.15, 0.2) is 0 Å². The normalized spacial score (nSPS) is 10.5. The van der Waals surface area contributed by atoms with E-state index in [2.05, 4.69) is 15.5 Å². The fraction of sp³-hybridized carbons (Fsp3) is 0.250. The van der Waals surface area contributed by atoms with Crippen LogP contribution >= 0.6 is 0 Å². The first-order valence-electron chi connectivity index (χ1n) is 5.30. The zero-order valence-electron chi connectivity index (χ0n) is 9.71. The Morgan fingerprint density at radius 1 is 1.41 bits per heavy atom. The summed E-state index contributed by atoms with van der Waals surface area (Å²) in [6.45, 7) is 4.12. The lowest BCUT2D eigenvalue weighted by Crippen LogP contribution is -2.01. The molecule has 2 aromatic rings. The topological polar surface area (TPSA) is 60.9 Å². The number of nitrogens with zero attached hydrogens (tertiary/aromatic N) is 1. The highest BCUT2D eigenvalue weighted by Crippen LogP contribution is 2.21. The number of hydrogen-bond donors (Lipinski definition) is 3. The number of benzene rings is 1. The molecular weight excluding hydrogens is 221 g/mol. The van der Waals surface area contributed by atoms with Gasteiger partial charge in [0, 0.05) is 12.1 Å². The predicted molar refractivity (Wildman–Crippen MR) is 63.5 cm³/mol. The lowest BCUT2D eigenvalue weighted by atomic mass is 10.2. The van der Waals surface area contributed by atoms with Crippen LogP contribution in [0.15, 0.2) is 18.2 Å². The lowest BCUT2D eigenvalue weighted by molar-refractivity contribution is 0.466. The van der Waals surface area contributed by atoms with E-state index in [1.807, 2.05) is 13.8 Å². The number of hydrogen-bond acceptors (Lipinski definition) is 3. The van der Waals surface area contributed by atoms with E-state index in [0.717, 1.165) is 17.1 Å². The average molecular weight is 235 g/mol. The van der Waals surface area contributed by atoms with Gasteiger partial charge in [-0.05, 0) is 32.0 Å². The fourth-order valence-corrected chi connectivity index (χ4v) is 1.69. The molecule has 0 amide bonds. The van der Waals surface area contributed by atoms with Gasteiger partial charge in [-0.25, -0.2) is 4.39 Å². The molecule has 1 heterocycles. The standard InChI is InChI=1S/C12H14FN3O/c1-7-12(8(2)16-15-7)14-6-9-5-10(13)3-4-11(9)17/h3-5,14,17H,6H2,1-2H3,(H,15,16). The largest absolute Gasteiger partial charge is 0.508 e. The summed E-state index contributed by atoms with van der Waals surface area (Å²) in [6.07, 6.45) is 0. The number of aromatic hydroxyl groups is 1. The smallest absolute Gasteiger partial charge is 0.123 e. The Balaban J connectivity index is 2.15. The average Bonchev–Trinajstić information content (AvgIpc) is 2.61. The quantitative estimate of drug-likeness (QED) is 0.766. The van der Waals surface area contributed by atoms with Gasteiger partial charge < -0.3 is 10.4 Å². The number of rotatable bonds is 3. The van der Waals surface area contributed by atoms with Gasteiger partial charge in [0.2, 0.25) is 0 Å². The van der Waals surface area contributed by atoms with Crippen molar-refractivity contribution in [1.82, 2.24) is 10.2 Å². The molecule has 4 nitrogen and oxygen atoms in total. The van der Waals surface area contributed by atoms with Gasteiger partial charge in [0.1, 0.15) is 11.6 Å². The van der Waals surface area contributed by atoms with Crippen molar-refractivity contribution in [3.8, 4) is 5.75 Å². The second-order valence-corrected chi connectivity index (χ2v) is 3.94. The van der Waals surface area contributed by atoms with E-state index in [1.54, 1.807) is 0 Å². The van der Waals surface area contributed by atoms with Gasteiger partial charge in [-0.3, -0.25) is 5.10 Å². The Hall–Kier alpha value is -2.04. The maximum atomic E-state index is 13.0. The van der Waals surface area contributed by atoms with Crippen molar-refractivity contribution < 1.29 is 9.50 Å². The number of phenolic OH excluding ortho intramolecular Hbond substituents is 1.